The number of hydrazine groups is 1. The fourth-order valence-electron chi connectivity index (χ4n) is 2.68. The van der Waals surface area contributed by atoms with Crippen LogP contribution in [-0.4, -0.2) is 35.5 Å². The van der Waals surface area contributed by atoms with Crippen LogP contribution in [0.3, 0.4) is 0 Å². The Morgan fingerprint density at radius 3 is 1.94 bits per heavy atom. The van der Waals surface area contributed by atoms with Gasteiger partial charge in [-0.15, -0.1) is 0 Å². The van der Waals surface area contributed by atoms with Crippen LogP contribution >= 0.6 is 0 Å². The van der Waals surface area contributed by atoms with Gasteiger partial charge in [0.05, 0.1) is 6.61 Å². The molecule has 0 spiro atoms. The van der Waals surface area contributed by atoms with Crippen molar-refractivity contribution in [3.8, 4) is 0 Å². The van der Waals surface area contributed by atoms with E-state index in [1.807, 2.05) is 0 Å². The molecule has 1 atom stereocenters. The van der Waals surface area contributed by atoms with Crippen molar-refractivity contribution in [2.75, 3.05) is 6.61 Å². The standard InChI is InChI=1S/C21H23F3N2O5/c22-21(23,24)20(12-7-13-27,31-15-17-10-5-2-6-11-17)18(28)25-26-19(29)30-14-16-8-3-1-4-9-16/h1-6,8-11,27H,7,12-15H2,(H,25,28)(H,26,29)/t20-/m1/s1. The summed E-state index contributed by atoms with van der Waals surface area (Å²) in [7, 11) is 0. The Balaban J connectivity index is 2.06. The lowest BCUT2D eigenvalue weighted by Gasteiger charge is -2.34. The smallest absolute Gasteiger partial charge is 0.426 e. The summed E-state index contributed by atoms with van der Waals surface area (Å²) in [6.45, 7) is -1.22. The van der Waals surface area contributed by atoms with Crippen molar-refractivity contribution >= 4 is 12.0 Å². The Bertz CT molecular complexity index is 834. The summed E-state index contributed by atoms with van der Waals surface area (Å²) in [5.41, 5.74) is 1.32. The van der Waals surface area contributed by atoms with Gasteiger partial charge in [-0.25, -0.2) is 10.2 Å². The molecule has 0 aromatic heterocycles. The average molecular weight is 440 g/mol. The lowest BCUT2D eigenvalue weighted by atomic mass is 9.95. The van der Waals surface area contributed by atoms with Gasteiger partial charge in [-0.05, 0) is 24.0 Å². The summed E-state index contributed by atoms with van der Waals surface area (Å²) >= 11 is 0. The van der Waals surface area contributed by atoms with E-state index in [1.165, 1.54) is 0 Å². The van der Waals surface area contributed by atoms with Crippen LogP contribution in [0.15, 0.2) is 60.7 Å². The monoisotopic (exact) mass is 440 g/mol. The Kier molecular flexibility index (Phi) is 8.83. The van der Waals surface area contributed by atoms with Crippen molar-refractivity contribution in [3.05, 3.63) is 71.8 Å². The first kappa shape index (κ1) is 24.2. The fraction of sp³-hybridized carbons (Fsp3) is 0.333. The molecular formula is C21H23F3N2O5. The van der Waals surface area contributed by atoms with E-state index in [2.05, 4.69) is 0 Å². The number of rotatable bonds is 9. The van der Waals surface area contributed by atoms with Crippen LogP contribution in [0.4, 0.5) is 18.0 Å². The normalized spacial score (nSPS) is 13.2. The van der Waals surface area contributed by atoms with Gasteiger partial charge in [-0.2, -0.15) is 13.2 Å². The molecular weight excluding hydrogens is 417 g/mol. The minimum Gasteiger partial charge on any atom is -0.443 e. The number of halogens is 3. The second kappa shape index (κ2) is 11.3. The van der Waals surface area contributed by atoms with Crippen LogP contribution < -0.4 is 10.9 Å². The Hall–Kier alpha value is -3.11. The van der Waals surface area contributed by atoms with Gasteiger partial charge in [0, 0.05) is 6.61 Å². The van der Waals surface area contributed by atoms with E-state index in [-0.39, 0.29) is 13.0 Å². The molecule has 0 aliphatic heterocycles. The summed E-state index contributed by atoms with van der Waals surface area (Å²) in [4.78, 5) is 24.3. The molecule has 31 heavy (non-hydrogen) atoms. The zero-order chi connectivity index (χ0) is 22.7. The Morgan fingerprint density at radius 1 is 0.871 bits per heavy atom. The number of aliphatic hydroxyl groups is 1. The number of ether oxygens (including phenoxy) is 2. The van der Waals surface area contributed by atoms with E-state index in [9.17, 15) is 22.8 Å². The van der Waals surface area contributed by atoms with Crippen LogP contribution in [0.2, 0.25) is 0 Å². The van der Waals surface area contributed by atoms with Gasteiger partial charge in [-0.3, -0.25) is 10.2 Å². The number of hydrogen-bond donors (Lipinski definition) is 3. The minimum absolute atomic E-state index is 0.137. The van der Waals surface area contributed by atoms with E-state index in [0.29, 0.717) is 11.1 Å². The molecule has 3 N–H and O–H groups in total. The van der Waals surface area contributed by atoms with Gasteiger partial charge in [0.1, 0.15) is 6.61 Å². The van der Waals surface area contributed by atoms with Gasteiger partial charge in [-0.1, -0.05) is 60.7 Å². The molecule has 0 unspecified atom stereocenters. The zero-order valence-corrected chi connectivity index (χ0v) is 16.5. The maximum Gasteiger partial charge on any atom is 0.426 e. The highest BCUT2D eigenvalue weighted by Gasteiger charge is 2.61. The predicted octanol–water partition coefficient (Wildman–Crippen LogP) is 3.23. The molecule has 0 bridgehead atoms. The first-order valence-electron chi connectivity index (χ1n) is 9.41. The quantitative estimate of drug-likeness (QED) is 0.521. The molecule has 168 valence electrons. The fourth-order valence-corrected chi connectivity index (χ4v) is 2.68. The third-order valence-corrected chi connectivity index (χ3v) is 4.33. The van der Waals surface area contributed by atoms with Crippen molar-refractivity contribution in [3.63, 3.8) is 0 Å². The molecule has 2 rings (SSSR count). The van der Waals surface area contributed by atoms with Gasteiger partial charge < -0.3 is 14.6 Å². The first-order valence-corrected chi connectivity index (χ1v) is 9.41. The van der Waals surface area contributed by atoms with Gasteiger partial charge >= 0.3 is 12.3 Å². The molecule has 0 aliphatic carbocycles. The molecule has 7 nitrogen and oxygen atoms in total. The summed E-state index contributed by atoms with van der Waals surface area (Å²) in [5, 5.41) is 9.01. The highest BCUT2D eigenvalue weighted by Crippen LogP contribution is 2.38. The Labute approximate surface area is 177 Å². The van der Waals surface area contributed by atoms with Crippen molar-refractivity contribution in [1.29, 1.82) is 0 Å². The van der Waals surface area contributed by atoms with Gasteiger partial charge in [0.25, 0.3) is 5.91 Å². The molecule has 0 saturated carbocycles. The van der Waals surface area contributed by atoms with E-state index in [4.69, 9.17) is 14.6 Å². The molecule has 2 aromatic carbocycles. The van der Waals surface area contributed by atoms with Gasteiger partial charge in [0.15, 0.2) is 0 Å². The SMILES string of the molecule is O=C(NNC(=O)[C@@](CCCO)(OCc1ccccc1)C(F)(F)F)OCc1ccccc1. The highest BCUT2D eigenvalue weighted by atomic mass is 19.4. The topological polar surface area (TPSA) is 96.9 Å². The number of carbonyl (C=O) groups is 2. The predicted molar refractivity (Wildman–Crippen MR) is 104 cm³/mol. The number of aliphatic hydroxyl groups excluding tert-OH is 1. The average Bonchev–Trinajstić information content (AvgIpc) is 2.77. The van der Waals surface area contributed by atoms with E-state index in [0.717, 1.165) is 0 Å². The zero-order valence-electron chi connectivity index (χ0n) is 16.5. The molecule has 0 heterocycles. The Morgan fingerprint density at radius 2 is 1.42 bits per heavy atom. The van der Waals surface area contributed by atoms with Gasteiger partial charge in [0.2, 0.25) is 5.60 Å². The van der Waals surface area contributed by atoms with E-state index < -0.39 is 43.4 Å². The van der Waals surface area contributed by atoms with Crippen molar-refractivity contribution < 1.29 is 37.3 Å². The number of benzene rings is 2. The van der Waals surface area contributed by atoms with Crippen LogP contribution in [-0.2, 0) is 27.5 Å². The lowest BCUT2D eigenvalue weighted by molar-refractivity contribution is -0.274. The van der Waals surface area contributed by atoms with Crippen molar-refractivity contribution in [2.24, 2.45) is 0 Å². The number of amides is 2. The maximum atomic E-state index is 13.9. The number of carbonyl (C=O) groups excluding carboxylic acids is 2. The summed E-state index contributed by atoms with van der Waals surface area (Å²) in [6.07, 6.45) is -7.44. The van der Waals surface area contributed by atoms with Crippen LogP contribution in [0.1, 0.15) is 24.0 Å². The molecule has 0 aliphatic rings. The summed E-state index contributed by atoms with van der Waals surface area (Å²) < 4.78 is 51.7. The van der Waals surface area contributed by atoms with Crippen LogP contribution in [0.5, 0.6) is 0 Å². The van der Waals surface area contributed by atoms with E-state index in [1.54, 1.807) is 71.5 Å². The highest BCUT2D eigenvalue weighted by molar-refractivity contribution is 5.87. The summed E-state index contributed by atoms with van der Waals surface area (Å²) in [6, 6.07) is 16.6. The molecule has 0 saturated heterocycles. The van der Waals surface area contributed by atoms with E-state index >= 15 is 0 Å². The molecule has 10 heteroatoms. The number of alkyl halides is 3. The molecule has 2 aromatic rings. The third kappa shape index (κ3) is 6.97. The van der Waals surface area contributed by atoms with Crippen molar-refractivity contribution in [1.82, 2.24) is 10.9 Å². The first-order chi connectivity index (χ1) is 14.8. The maximum absolute atomic E-state index is 13.9. The summed E-state index contributed by atoms with van der Waals surface area (Å²) in [5.74, 6) is -1.62. The van der Waals surface area contributed by atoms with Crippen LogP contribution in [0, 0.1) is 0 Å². The minimum atomic E-state index is -5.11. The lowest BCUT2D eigenvalue weighted by Crippen LogP contribution is -2.61. The number of nitrogens with one attached hydrogen (secondary N) is 2. The molecule has 0 fully saturated rings. The second-order valence-electron chi connectivity index (χ2n) is 6.57. The second-order valence-corrected chi connectivity index (χ2v) is 6.57. The molecule has 2 amide bonds. The third-order valence-electron chi connectivity index (χ3n) is 4.33. The largest absolute Gasteiger partial charge is 0.443 e. The van der Waals surface area contributed by atoms with Crippen molar-refractivity contribution in [2.45, 2.75) is 37.8 Å². The molecule has 0 radical (unpaired) electrons. The number of hydrogen-bond acceptors (Lipinski definition) is 5. The van der Waals surface area contributed by atoms with Crippen LogP contribution in [0.25, 0.3) is 0 Å².